The van der Waals surface area contributed by atoms with Crippen molar-refractivity contribution >= 4 is 0 Å². The Morgan fingerprint density at radius 2 is 2.07 bits per heavy atom. The minimum atomic E-state index is 0.279. The van der Waals surface area contributed by atoms with Crippen LogP contribution in [0.15, 0.2) is 11.8 Å². The molecule has 0 bridgehead atoms. The third kappa shape index (κ3) is 6.56. The van der Waals surface area contributed by atoms with E-state index in [1.807, 2.05) is 0 Å². The van der Waals surface area contributed by atoms with Crippen LogP contribution in [0.2, 0.25) is 0 Å². The maximum Gasteiger partial charge on any atom is 0.0795 e. The van der Waals surface area contributed by atoms with Crippen LogP contribution < -0.4 is 5.32 Å². The topological polar surface area (TPSA) is 21.3 Å². The summed E-state index contributed by atoms with van der Waals surface area (Å²) in [5.41, 5.74) is 1.30. The third-order valence-electron chi connectivity index (χ3n) is 2.82. The minimum absolute atomic E-state index is 0.279. The lowest BCUT2D eigenvalue weighted by molar-refractivity contribution is 0.121. The van der Waals surface area contributed by atoms with Crippen molar-refractivity contribution in [3.8, 4) is 0 Å². The maximum absolute atomic E-state index is 5.47. The average Bonchev–Trinajstić information content (AvgIpc) is 2.26. The van der Waals surface area contributed by atoms with Crippen LogP contribution >= 0.6 is 0 Å². The average molecular weight is 213 g/mol. The second-order valence-electron chi connectivity index (χ2n) is 4.23. The Balaban J connectivity index is 4.05. The van der Waals surface area contributed by atoms with Gasteiger partial charge in [0.05, 0.1) is 6.10 Å². The van der Waals surface area contributed by atoms with Gasteiger partial charge in [0.1, 0.15) is 0 Å². The number of nitrogens with one attached hydrogen (secondary N) is 1. The molecule has 0 fully saturated rings. The van der Waals surface area contributed by atoms with Crippen molar-refractivity contribution in [2.75, 3.05) is 7.11 Å². The molecule has 15 heavy (non-hydrogen) atoms. The quantitative estimate of drug-likeness (QED) is 0.666. The van der Waals surface area contributed by atoms with Gasteiger partial charge in [0, 0.05) is 13.2 Å². The van der Waals surface area contributed by atoms with Crippen LogP contribution in [0, 0.1) is 0 Å². The van der Waals surface area contributed by atoms with Crippen molar-refractivity contribution in [1.29, 1.82) is 0 Å². The number of hydrogen-bond acceptors (Lipinski definition) is 2. The van der Waals surface area contributed by atoms with Crippen LogP contribution in [0.5, 0.6) is 0 Å². The molecule has 0 aromatic heterocycles. The van der Waals surface area contributed by atoms with E-state index in [2.05, 4.69) is 39.2 Å². The summed E-state index contributed by atoms with van der Waals surface area (Å²) in [7, 11) is 1.79. The summed E-state index contributed by atoms with van der Waals surface area (Å²) in [6.45, 7) is 8.73. The molecule has 0 radical (unpaired) electrons. The molecule has 0 saturated heterocycles. The number of methoxy groups -OCH3 is 1. The zero-order valence-corrected chi connectivity index (χ0v) is 11.0. The summed E-state index contributed by atoms with van der Waals surface area (Å²) >= 11 is 0. The number of ether oxygens (including phenoxy) is 1. The standard InChI is InChI=1S/C13H27NO/c1-6-8-9-13(15-5)11(3)10-14-12(4)7-2/h10,12-14H,6-9H2,1-5H3/b11-10+/t12?,13-/m0/s1. The van der Waals surface area contributed by atoms with Crippen molar-refractivity contribution in [1.82, 2.24) is 5.32 Å². The Morgan fingerprint density at radius 3 is 2.53 bits per heavy atom. The molecule has 2 heteroatoms. The van der Waals surface area contributed by atoms with Gasteiger partial charge >= 0.3 is 0 Å². The van der Waals surface area contributed by atoms with Gasteiger partial charge in [-0.2, -0.15) is 0 Å². The molecule has 90 valence electrons. The fourth-order valence-corrected chi connectivity index (χ4v) is 1.41. The van der Waals surface area contributed by atoms with Crippen molar-refractivity contribution in [3.63, 3.8) is 0 Å². The normalized spacial score (nSPS) is 16.2. The summed E-state index contributed by atoms with van der Waals surface area (Å²) in [5, 5.41) is 3.38. The lowest BCUT2D eigenvalue weighted by Gasteiger charge is -2.17. The molecule has 1 N–H and O–H groups in total. The third-order valence-corrected chi connectivity index (χ3v) is 2.82. The van der Waals surface area contributed by atoms with Crippen LogP contribution in [0.1, 0.15) is 53.4 Å². The first-order valence-electron chi connectivity index (χ1n) is 6.11. The van der Waals surface area contributed by atoms with Crippen molar-refractivity contribution in [3.05, 3.63) is 11.8 Å². The van der Waals surface area contributed by atoms with Crippen molar-refractivity contribution in [2.24, 2.45) is 0 Å². The summed E-state index contributed by atoms with van der Waals surface area (Å²) in [6, 6.07) is 0.545. The number of unbranched alkanes of at least 4 members (excludes halogenated alkanes) is 1. The highest BCUT2D eigenvalue weighted by atomic mass is 16.5. The summed E-state index contributed by atoms with van der Waals surface area (Å²) in [6.07, 6.45) is 7.12. The van der Waals surface area contributed by atoms with E-state index < -0.39 is 0 Å². The monoisotopic (exact) mass is 213 g/mol. The SMILES string of the molecule is CCCC[C@H](OC)/C(C)=C/NC(C)CC. The second kappa shape index (κ2) is 8.78. The van der Waals surface area contributed by atoms with Gasteiger partial charge in [-0.3, -0.25) is 0 Å². The van der Waals surface area contributed by atoms with E-state index in [0.29, 0.717) is 6.04 Å². The lowest BCUT2D eigenvalue weighted by Crippen LogP contribution is -2.22. The largest absolute Gasteiger partial charge is 0.388 e. The first-order chi connectivity index (χ1) is 7.15. The van der Waals surface area contributed by atoms with E-state index in [4.69, 9.17) is 4.74 Å². The minimum Gasteiger partial charge on any atom is -0.388 e. The van der Waals surface area contributed by atoms with E-state index in [0.717, 1.165) is 12.8 Å². The first-order valence-corrected chi connectivity index (χ1v) is 6.11. The van der Waals surface area contributed by atoms with Gasteiger partial charge in [-0.25, -0.2) is 0 Å². The zero-order valence-electron chi connectivity index (χ0n) is 11.0. The Bertz CT molecular complexity index is 177. The van der Waals surface area contributed by atoms with E-state index >= 15 is 0 Å². The van der Waals surface area contributed by atoms with Gasteiger partial charge in [-0.05, 0) is 38.5 Å². The molecule has 0 rings (SSSR count). The van der Waals surface area contributed by atoms with Crippen molar-refractivity contribution < 1.29 is 4.74 Å². The highest BCUT2D eigenvalue weighted by molar-refractivity contribution is 5.04. The number of rotatable bonds is 8. The molecule has 0 heterocycles. The molecule has 0 aliphatic rings. The predicted octanol–water partition coefficient (Wildman–Crippen LogP) is 3.48. The smallest absolute Gasteiger partial charge is 0.0795 e. The molecule has 1 unspecified atom stereocenters. The Morgan fingerprint density at radius 1 is 1.40 bits per heavy atom. The molecule has 0 aromatic carbocycles. The van der Waals surface area contributed by atoms with Gasteiger partial charge in [-0.1, -0.05) is 26.7 Å². The maximum atomic E-state index is 5.47. The van der Waals surface area contributed by atoms with Crippen LogP contribution in [-0.2, 0) is 4.74 Å². The summed E-state index contributed by atoms with van der Waals surface area (Å²) in [4.78, 5) is 0. The van der Waals surface area contributed by atoms with Gasteiger partial charge in [0.25, 0.3) is 0 Å². The Labute approximate surface area is 95.1 Å². The number of hydrogen-bond donors (Lipinski definition) is 1. The van der Waals surface area contributed by atoms with Crippen LogP contribution in [0.3, 0.4) is 0 Å². The van der Waals surface area contributed by atoms with E-state index in [9.17, 15) is 0 Å². The van der Waals surface area contributed by atoms with Crippen LogP contribution in [-0.4, -0.2) is 19.3 Å². The Kier molecular flexibility index (Phi) is 8.49. The molecule has 0 amide bonds. The lowest BCUT2D eigenvalue weighted by atomic mass is 10.1. The first kappa shape index (κ1) is 14.5. The Hall–Kier alpha value is -0.500. The molecule has 0 aliphatic heterocycles. The van der Waals surface area contributed by atoms with Gasteiger partial charge in [-0.15, -0.1) is 0 Å². The zero-order chi connectivity index (χ0) is 11.7. The van der Waals surface area contributed by atoms with Crippen molar-refractivity contribution in [2.45, 2.75) is 65.5 Å². The predicted molar refractivity (Wildman–Crippen MR) is 67.0 cm³/mol. The van der Waals surface area contributed by atoms with Crippen LogP contribution in [0.4, 0.5) is 0 Å². The molecule has 0 aromatic rings. The molecule has 2 nitrogen and oxygen atoms in total. The summed E-state index contributed by atoms with van der Waals surface area (Å²) in [5.74, 6) is 0. The fraction of sp³-hybridized carbons (Fsp3) is 0.846. The summed E-state index contributed by atoms with van der Waals surface area (Å²) < 4.78 is 5.47. The fourth-order valence-electron chi connectivity index (χ4n) is 1.41. The molecular formula is C13H27NO. The molecular weight excluding hydrogens is 186 g/mol. The molecule has 2 atom stereocenters. The van der Waals surface area contributed by atoms with E-state index in [1.54, 1.807) is 7.11 Å². The van der Waals surface area contributed by atoms with Gasteiger partial charge in [0.15, 0.2) is 0 Å². The van der Waals surface area contributed by atoms with E-state index in [-0.39, 0.29) is 6.10 Å². The second-order valence-corrected chi connectivity index (χ2v) is 4.23. The molecule has 0 spiro atoms. The highest BCUT2D eigenvalue weighted by Crippen LogP contribution is 2.12. The molecule has 0 aliphatic carbocycles. The highest BCUT2D eigenvalue weighted by Gasteiger charge is 2.08. The van der Waals surface area contributed by atoms with E-state index in [1.165, 1.54) is 18.4 Å². The molecule has 0 saturated carbocycles. The van der Waals surface area contributed by atoms with Gasteiger partial charge < -0.3 is 10.1 Å². The van der Waals surface area contributed by atoms with Gasteiger partial charge in [0.2, 0.25) is 0 Å². The van der Waals surface area contributed by atoms with Crippen LogP contribution in [0.25, 0.3) is 0 Å².